The van der Waals surface area contributed by atoms with Crippen molar-refractivity contribution in [3.63, 3.8) is 0 Å². The number of hydrogen-bond donors (Lipinski definition) is 1. The van der Waals surface area contributed by atoms with Gasteiger partial charge in [0, 0.05) is 19.0 Å². The molecule has 0 aromatic carbocycles. The van der Waals surface area contributed by atoms with Crippen molar-refractivity contribution in [3.05, 3.63) is 0 Å². The minimum absolute atomic E-state index is 0.0807. The van der Waals surface area contributed by atoms with E-state index in [4.69, 9.17) is 5.73 Å². The zero-order chi connectivity index (χ0) is 13.4. The van der Waals surface area contributed by atoms with Crippen molar-refractivity contribution < 1.29 is 9.59 Å². The lowest BCUT2D eigenvalue weighted by Crippen LogP contribution is -2.33. The molecule has 1 unspecified atom stereocenters. The second kappa shape index (κ2) is 4.89. The van der Waals surface area contributed by atoms with Crippen LogP contribution in [-0.2, 0) is 16.1 Å². The summed E-state index contributed by atoms with van der Waals surface area (Å²) in [6.07, 6.45) is 2.09. The predicted molar refractivity (Wildman–Crippen MR) is 66.0 cm³/mol. The van der Waals surface area contributed by atoms with E-state index in [9.17, 15) is 9.59 Å². The van der Waals surface area contributed by atoms with Crippen molar-refractivity contribution in [1.29, 1.82) is 0 Å². The molecule has 2 N–H and O–H groups in total. The Bertz CT molecular complexity index is 514. The molecule has 1 atom stereocenters. The van der Waals surface area contributed by atoms with Crippen LogP contribution in [0.25, 0.3) is 0 Å². The molecule has 19 heavy (non-hydrogen) atoms. The summed E-state index contributed by atoms with van der Waals surface area (Å²) in [6, 6.07) is 0.130. The molecule has 0 spiro atoms. The number of carbonyl (C=O) groups is 2. The molecule has 9 heteroatoms. The minimum atomic E-state index is -0.407. The van der Waals surface area contributed by atoms with Gasteiger partial charge in [0.05, 0.1) is 6.54 Å². The third-order valence-corrected chi connectivity index (χ3v) is 4.30. The van der Waals surface area contributed by atoms with Crippen molar-refractivity contribution in [1.82, 2.24) is 25.1 Å². The molecule has 3 rings (SSSR count). The number of hydrogen-bond acceptors (Lipinski definition) is 7. The van der Waals surface area contributed by atoms with Crippen LogP contribution < -0.4 is 5.73 Å². The molecule has 1 aliphatic heterocycles. The zero-order valence-electron chi connectivity index (χ0n) is 10.2. The molecule has 2 fully saturated rings. The highest BCUT2D eigenvalue weighted by atomic mass is 32.2. The van der Waals surface area contributed by atoms with E-state index < -0.39 is 5.25 Å². The van der Waals surface area contributed by atoms with Crippen LogP contribution in [0, 0.1) is 0 Å². The number of carbonyl (C=O) groups excluding carboxylic acids is 2. The van der Waals surface area contributed by atoms with Crippen molar-refractivity contribution >= 4 is 23.6 Å². The molecule has 1 aromatic heterocycles. The van der Waals surface area contributed by atoms with Crippen LogP contribution >= 0.6 is 11.8 Å². The second-order valence-corrected chi connectivity index (χ2v) is 5.79. The van der Waals surface area contributed by atoms with E-state index in [1.165, 1.54) is 16.7 Å². The van der Waals surface area contributed by atoms with Crippen LogP contribution in [0.4, 0.5) is 0 Å². The molecular weight excluding hydrogens is 268 g/mol. The van der Waals surface area contributed by atoms with Gasteiger partial charge in [0.2, 0.25) is 17.0 Å². The molecule has 102 valence electrons. The van der Waals surface area contributed by atoms with Crippen molar-refractivity contribution in [3.8, 4) is 0 Å². The number of imide groups is 1. The van der Waals surface area contributed by atoms with Crippen molar-refractivity contribution in [2.75, 3.05) is 6.54 Å². The van der Waals surface area contributed by atoms with Crippen LogP contribution in [0.15, 0.2) is 5.16 Å². The third kappa shape index (κ3) is 2.35. The Balaban J connectivity index is 1.71. The Morgan fingerprint density at radius 1 is 1.37 bits per heavy atom. The fourth-order valence-corrected chi connectivity index (χ4v) is 3.13. The molecule has 8 nitrogen and oxygen atoms in total. The van der Waals surface area contributed by atoms with Gasteiger partial charge in [-0.2, -0.15) is 0 Å². The number of rotatable bonds is 5. The third-order valence-electron chi connectivity index (χ3n) is 3.14. The standard InChI is InChI=1S/C10H14N6O2S/c11-3-4-15-10(12-13-14-15)19-7-5-8(17)16(9(7)18)6-1-2-6/h6-7H,1-5,11H2. The molecule has 1 saturated carbocycles. The lowest BCUT2D eigenvalue weighted by Gasteiger charge is -2.12. The summed E-state index contributed by atoms with van der Waals surface area (Å²) in [5.41, 5.74) is 5.46. The number of likely N-dealkylation sites (tertiary alicyclic amines) is 1. The zero-order valence-corrected chi connectivity index (χ0v) is 11.0. The minimum Gasteiger partial charge on any atom is -0.329 e. The lowest BCUT2D eigenvalue weighted by atomic mass is 10.4. The Hall–Kier alpha value is -1.48. The normalized spacial score (nSPS) is 23.4. The van der Waals surface area contributed by atoms with E-state index in [1.807, 2.05) is 0 Å². The van der Waals surface area contributed by atoms with Gasteiger partial charge >= 0.3 is 0 Å². The topological polar surface area (TPSA) is 107 Å². The summed E-state index contributed by atoms with van der Waals surface area (Å²) in [7, 11) is 0. The van der Waals surface area contributed by atoms with Crippen LogP contribution in [0.3, 0.4) is 0 Å². The first-order chi connectivity index (χ1) is 9.20. The number of thioether (sulfide) groups is 1. The Morgan fingerprint density at radius 3 is 2.84 bits per heavy atom. The van der Waals surface area contributed by atoms with Crippen molar-refractivity contribution in [2.45, 2.75) is 42.3 Å². The van der Waals surface area contributed by atoms with Crippen LogP contribution in [0.1, 0.15) is 19.3 Å². The summed E-state index contributed by atoms with van der Waals surface area (Å²) in [6.45, 7) is 0.918. The first-order valence-electron chi connectivity index (χ1n) is 6.19. The summed E-state index contributed by atoms with van der Waals surface area (Å²) < 4.78 is 1.56. The fraction of sp³-hybridized carbons (Fsp3) is 0.700. The van der Waals surface area contributed by atoms with Gasteiger partial charge in [-0.1, -0.05) is 11.8 Å². The molecule has 0 bridgehead atoms. The second-order valence-electron chi connectivity index (χ2n) is 4.62. The molecule has 0 radical (unpaired) electrons. The van der Waals surface area contributed by atoms with Gasteiger partial charge in [-0.05, 0) is 23.3 Å². The number of tetrazole rings is 1. The average molecular weight is 282 g/mol. The molecule has 1 saturated heterocycles. The monoisotopic (exact) mass is 282 g/mol. The highest BCUT2D eigenvalue weighted by Gasteiger charge is 2.46. The van der Waals surface area contributed by atoms with Gasteiger partial charge < -0.3 is 5.73 Å². The summed E-state index contributed by atoms with van der Waals surface area (Å²) in [5, 5.41) is 11.4. The van der Waals surface area contributed by atoms with E-state index in [0.29, 0.717) is 18.2 Å². The van der Waals surface area contributed by atoms with E-state index in [0.717, 1.165) is 12.8 Å². The van der Waals surface area contributed by atoms with E-state index in [1.54, 1.807) is 4.68 Å². The summed E-state index contributed by atoms with van der Waals surface area (Å²) in [5.74, 6) is -0.192. The maximum absolute atomic E-state index is 12.2. The van der Waals surface area contributed by atoms with E-state index in [2.05, 4.69) is 15.5 Å². The van der Waals surface area contributed by atoms with Gasteiger partial charge in [-0.3, -0.25) is 14.5 Å². The fourth-order valence-electron chi connectivity index (χ4n) is 2.10. The van der Waals surface area contributed by atoms with E-state index in [-0.39, 0.29) is 24.3 Å². The quantitative estimate of drug-likeness (QED) is 0.691. The largest absolute Gasteiger partial charge is 0.329 e. The maximum atomic E-state index is 12.2. The van der Waals surface area contributed by atoms with Crippen LogP contribution in [0.5, 0.6) is 0 Å². The van der Waals surface area contributed by atoms with Crippen molar-refractivity contribution in [2.24, 2.45) is 5.73 Å². The number of aromatic nitrogens is 4. The maximum Gasteiger partial charge on any atom is 0.243 e. The average Bonchev–Trinajstić information content (AvgIpc) is 3.05. The van der Waals surface area contributed by atoms with Crippen LogP contribution in [-0.4, -0.2) is 54.8 Å². The molecule has 1 aromatic rings. The summed E-state index contributed by atoms with van der Waals surface area (Å²) in [4.78, 5) is 25.4. The van der Waals surface area contributed by atoms with Gasteiger partial charge in [-0.15, -0.1) is 5.10 Å². The number of nitrogens with two attached hydrogens (primary N) is 1. The first kappa shape index (κ1) is 12.5. The molecular formula is C10H14N6O2S. The van der Waals surface area contributed by atoms with E-state index >= 15 is 0 Å². The van der Waals surface area contributed by atoms with Gasteiger partial charge in [0.25, 0.3) is 0 Å². The highest BCUT2D eigenvalue weighted by molar-refractivity contribution is 8.00. The molecule has 1 aliphatic carbocycles. The summed E-state index contributed by atoms with van der Waals surface area (Å²) >= 11 is 1.24. The molecule has 2 heterocycles. The number of amides is 2. The van der Waals surface area contributed by atoms with Gasteiger partial charge in [0.1, 0.15) is 5.25 Å². The SMILES string of the molecule is NCCn1nnnc1SC1CC(=O)N(C2CC2)C1=O. The number of nitrogens with zero attached hydrogens (tertiary/aromatic N) is 5. The first-order valence-corrected chi connectivity index (χ1v) is 7.07. The Labute approximate surface area is 113 Å². The Morgan fingerprint density at radius 2 is 2.16 bits per heavy atom. The smallest absolute Gasteiger partial charge is 0.243 e. The highest BCUT2D eigenvalue weighted by Crippen LogP contribution is 2.36. The Kier molecular flexibility index (Phi) is 3.23. The molecule has 2 amide bonds. The predicted octanol–water partition coefficient (Wildman–Crippen LogP) is -0.986. The van der Waals surface area contributed by atoms with Gasteiger partial charge in [-0.25, -0.2) is 4.68 Å². The van der Waals surface area contributed by atoms with Gasteiger partial charge in [0.15, 0.2) is 0 Å². The van der Waals surface area contributed by atoms with Crippen LogP contribution in [0.2, 0.25) is 0 Å². The lowest BCUT2D eigenvalue weighted by molar-refractivity contribution is -0.138. The molecule has 2 aliphatic rings.